The number of hydrogen-bond donors (Lipinski definition) is 3. The summed E-state index contributed by atoms with van der Waals surface area (Å²) in [7, 11) is 1.63. The third-order valence-electron chi connectivity index (χ3n) is 3.53. The largest absolute Gasteiger partial charge is 0.381 e. The zero-order valence-corrected chi connectivity index (χ0v) is 11.8. The van der Waals surface area contributed by atoms with E-state index in [-0.39, 0.29) is 5.91 Å². The Labute approximate surface area is 123 Å². The van der Waals surface area contributed by atoms with Gasteiger partial charge in [0.25, 0.3) is 5.91 Å². The number of hydrogen-bond acceptors (Lipinski definition) is 2. The molecule has 1 heterocycles. The molecule has 0 unspecified atom stereocenters. The molecule has 0 fully saturated rings. The van der Waals surface area contributed by atoms with Crippen molar-refractivity contribution in [3.63, 3.8) is 0 Å². The number of carbonyl (C=O) groups is 1. The van der Waals surface area contributed by atoms with Gasteiger partial charge in [-0.15, -0.1) is 0 Å². The predicted molar refractivity (Wildman–Crippen MR) is 85.5 cm³/mol. The van der Waals surface area contributed by atoms with E-state index < -0.39 is 0 Å². The van der Waals surface area contributed by atoms with Crippen molar-refractivity contribution in [3.05, 3.63) is 65.9 Å². The number of amides is 1. The number of rotatable bonds is 4. The van der Waals surface area contributed by atoms with Gasteiger partial charge in [0, 0.05) is 31.0 Å². The van der Waals surface area contributed by atoms with Crippen LogP contribution in [0, 0.1) is 0 Å². The monoisotopic (exact) mass is 279 g/mol. The van der Waals surface area contributed by atoms with Gasteiger partial charge in [-0.05, 0) is 41.3 Å². The molecule has 21 heavy (non-hydrogen) atoms. The van der Waals surface area contributed by atoms with Gasteiger partial charge in [0.1, 0.15) is 0 Å². The minimum absolute atomic E-state index is 0.0716. The highest BCUT2D eigenvalue weighted by molar-refractivity contribution is 5.94. The van der Waals surface area contributed by atoms with Crippen LogP contribution in [0.2, 0.25) is 0 Å². The van der Waals surface area contributed by atoms with E-state index in [2.05, 4.69) is 39.9 Å². The Morgan fingerprint density at radius 3 is 2.67 bits per heavy atom. The first-order chi connectivity index (χ1) is 10.3. The molecule has 3 N–H and O–H groups in total. The van der Waals surface area contributed by atoms with E-state index in [1.165, 1.54) is 10.9 Å². The first-order valence-electron chi connectivity index (χ1n) is 6.89. The molecule has 1 aromatic heterocycles. The molecule has 0 radical (unpaired) electrons. The molecule has 4 heteroatoms. The number of fused-ring (bicyclic) bond motifs is 1. The summed E-state index contributed by atoms with van der Waals surface area (Å²) in [6.07, 6.45) is 1.95. The van der Waals surface area contributed by atoms with Crippen LogP contribution in [0.1, 0.15) is 15.9 Å². The number of aromatic nitrogens is 1. The lowest BCUT2D eigenvalue weighted by atomic mass is 10.1. The molecule has 0 saturated carbocycles. The SMILES string of the molecule is CNC(=O)c1ccc(NCc2cccc3cc[nH]c23)cc1. The summed E-state index contributed by atoms with van der Waals surface area (Å²) in [6.45, 7) is 0.733. The van der Waals surface area contributed by atoms with Crippen LogP contribution in [-0.4, -0.2) is 17.9 Å². The van der Waals surface area contributed by atoms with Gasteiger partial charge in [0.15, 0.2) is 0 Å². The highest BCUT2D eigenvalue weighted by atomic mass is 16.1. The number of anilines is 1. The standard InChI is InChI=1S/C17H17N3O/c1-18-17(21)13-5-7-15(8-6-13)20-11-14-4-2-3-12-9-10-19-16(12)14/h2-10,19-20H,11H2,1H3,(H,18,21). The average Bonchev–Trinajstić information content (AvgIpc) is 3.02. The summed E-state index contributed by atoms with van der Waals surface area (Å²) >= 11 is 0. The molecule has 3 rings (SSSR count). The Kier molecular flexibility index (Phi) is 3.60. The maximum atomic E-state index is 11.5. The second kappa shape index (κ2) is 5.71. The van der Waals surface area contributed by atoms with Crippen molar-refractivity contribution < 1.29 is 4.79 Å². The number of carbonyl (C=O) groups excluding carboxylic acids is 1. The molecule has 0 atom stereocenters. The summed E-state index contributed by atoms with van der Waals surface area (Å²) in [5, 5.41) is 7.20. The third kappa shape index (κ3) is 2.74. The second-order valence-electron chi connectivity index (χ2n) is 4.87. The van der Waals surface area contributed by atoms with Crippen LogP contribution in [0.5, 0.6) is 0 Å². The van der Waals surface area contributed by atoms with E-state index in [0.29, 0.717) is 5.56 Å². The van der Waals surface area contributed by atoms with E-state index in [1.54, 1.807) is 7.05 Å². The van der Waals surface area contributed by atoms with Crippen LogP contribution in [0.15, 0.2) is 54.7 Å². The zero-order chi connectivity index (χ0) is 14.7. The Morgan fingerprint density at radius 2 is 1.90 bits per heavy atom. The van der Waals surface area contributed by atoms with E-state index in [0.717, 1.165) is 17.7 Å². The second-order valence-corrected chi connectivity index (χ2v) is 4.87. The Hall–Kier alpha value is -2.75. The van der Waals surface area contributed by atoms with Gasteiger partial charge in [-0.3, -0.25) is 4.79 Å². The minimum atomic E-state index is -0.0716. The molecular weight excluding hydrogens is 262 g/mol. The van der Waals surface area contributed by atoms with Crippen LogP contribution in [0.4, 0.5) is 5.69 Å². The Balaban J connectivity index is 1.73. The van der Waals surface area contributed by atoms with Crippen LogP contribution in [0.3, 0.4) is 0 Å². The molecule has 0 aliphatic carbocycles. The molecule has 0 spiro atoms. The lowest BCUT2D eigenvalue weighted by Gasteiger charge is -2.08. The van der Waals surface area contributed by atoms with E-state index >= 15 is 0 Å². The van der Waals surface area contributed by atoms with Gasteiger partial charge in [-0.1, -0.05) is 18.2 Å². The van der Waals surface area contributed by atoms with Crippen LogP contribution in [0.25, 0.3) is 10.9 Å². The molecule has 0 aliphatic heterocycles. The van der Waals surface area contributed by atoms with E-state index in [1.807, 2.05) is 30.5 Å². The summed E-state index contributed by atoms with van der Waals surface area (Å²) in [6, 6.07) is 15.8. The molecule has 0 saturated heterocycles. The summed E-state index contributed by atoms with van der Waals surface area (Å²) in [5.41, 5.74) is 4.03. The lowest BCUT2D eigenvalue weighted by molar-refractivity contribution is 0.0963. The minimum Gasteiger partial charge on any atom is -0.381 e. The van der Waals surface area contributed by atoms with E-state index in [9.17, 15) is 4.79 Å². The fraction of sp³-hybridized carbons (Fsp3) is 0.118. The first kappa shape index (κ1) is 13.2. The Morgan fingerprint density at radius 1 is 1.10 bits per heavy atom. The molecule has 3 aromatic rings. The first-order valence-corrected chi connectivity index (χ1v) is 6.89. The topological polar surface area (TPSA) is 56.9 Å². The highest BCUT2D eigenvalue weighted by Gasteiger charge is 2.04. The number of H-pyrrole nitrogens is 1. The van der Waals surface area contributed by atoms with Crippen molar-refractivity contribution >= 4 is 22.5 Å². The summed E-state index contributed by atoms with van der Waals surface area (Å²) in [4.78, 5) is 14.7. The quantitative estimate of drug-likeness (QED) is 0.687. The van der Waals surface area contributed by atoms with Crippen molar-refractivity contribution in [1.82, 2.24) is 10.3 Å². The molecule has 0 aliphatic rings. The normalized spacial score (nSPS) is 10.5. The van der Waals surface area contributed by atoms with Crippen molar-refractivity contribution in [2.75, 3.05) is 12.4 Å². The predicted octanol–water partition coefficient (Wildman–Crippen LogP) is 3.14. The average molecular weight is 279 g/mol. The molecule has 0 bridgehead atoms. The van der Waals surface area contributed by atoms with Crippen molar-refractivity contribution in [1.29, 1.82) is 0 Å². The van der Waals surface area contributed by atoms with Gasteiger partial charge in [-0.25, -0.2) is 0 Å². The molecular formula is C17H17N3O. The van der Waals surface area contributed by atoms with Crippen LogP contribution < -0.4 is 10.6 Å². The summed E-state index contributed by atoms with van der Waals surface area (Å²) < 4.78 is 0. The maximum Gasteiger partial charge on any atom is 0.251 e. The molecule has 2 aromatic carbocycles. The number of para-hydroxylation sites is 1. The highest BCUT2D eigenvalue weighted by Crippen LogP contribution is 2.18. The van der Waals surface area contributed by atoms with Crippen molar-refractivity contribution in [3.8, 4) is 0 Å². The van der Waals surface area contributed by atoms with Gasteiger partial charge in [-0.2, -0.15) is 0 Å². The fourth-order valence-electron chi connectivity index (χ4n) is 2.38. The smallest absolute Gasteiger partial charge is 0.251 e. The van der Waals surface area contributed by atoms with Crippen molar-refractivity contribution in [2.45, 2.75) is 6.54 Å². The van der Waals surface area contributed by atoms with Crippen LogP contribution >= 0.6 is 0 Å². The van der Waals surface area contributed by atoms with Gasteiger partial charge in [0.2, 0.25) is 0 Å². The third-order valence-corrected chi connectivity index (χ3v) is 3.53. The number of nitrogens with one attached hydrogen (secondary N) is 3. The molecule has 106 valence electrons. The van der Waals surface area contributed by atoms with Gasteiger partial charge >= 0.3 is 0 Å². The molecule has 4 nitrogen and oxygen atoms in total. The number of aromatic amines is 1. The molecule has 1 amide bonds. The van der Waals surface area contributed by atoms with Gasteiger partial charge in [0.05, 0.1) is 5.52 Å². The zero-order valence-electron chi connectivity index (χ0n) is 11.8. The van der Waals surface area contributed by atoms with Crippen LogP contribution in [-0.2, 0) is 6.54 Å². The van der Waals surface area contributed by atoms with Crippen molar-refractivity contribution in [2.24, 2.45) is 0 Å². The lowest BCUT2D eigenvalue weighted by Crippen LogP contribution is -2.17. The maximum absolute atomic E-state index is 11.5. The number of benzene rings is 2. The summed E-state index contributed by atoms with van der Waals surface area (Å²) in [5.74, 6) is -0.0716. The fourth-order valence-corrected chi connectivity index (χ4v) is 2.38. The Bertz CT molecular complexity index is 759. The van der Waals surface area contributed by atoms with E-state index in [4.69, 9.17) is 0 Å². The van der Waals surface area contributed by atoms with Gasteiger partial charge < -0.3 is 15.6 Å².